The van der Waals surface area contributed by atoms with Gasteiger partial charge in [0.1, 0.15) is 0 Å². The SMILES string of the molecule is CC1CN(C(C)C)C[C@H](C)N1. The van der Waals surface area contributed by atoms with Gasteiger partial charge >= 0.3 is 0 Å². The molecule has 1 unspecified atom stereocenters. The molecule has 0 saturated carbocycles. The molecule has 0 aromatic carbocycles. The quantitative estimate of drug-likeness (QED) is 0.611. The predicted octanol–water partition coefficient (Wildman–Crippen LogP) is 1.08. The molecule has 1 aliphatic heterocycles. The average Bonchev–Trinajstić information content (AvgIpc) is 1.85. The predicted molar refractivity (Wildman–Crippen MR) is 48.8 cm³/mol. The molecule has 0 radical (unpaired) electrons. The van der Waals surface area contributed by atoms with E-state index in [0.717, 1.165) is 0 Å². The van der Waals surface area contributed by atoms with Gasteiger partial charge < -0.3 is 5.32 Å². The van der Waals surface area contributed by atoms with E-state index in [1.165, 1.54) is 13.1 Å². The number of hydrogen-bond acceptors (Lipinski definition) is 2. The summed E-state index contributed by atoms with van der Waals surface area (Å²) in [7, 11) is 0. The highest BCUT2D eigenvalue weighted by Gasteiger charge is 2.21. The molecule has 0 spiro atoms. The molecular weight excluding hydrogens is 136 g/mol. The van der Waals surface area contributed by atoms with Gasteiger partial charge in [-0.15, -0.1) is 0 Å². The van der Waals surface area contributed by atoms with Gasteiger partial charge in [-0.3, -0.25) is 4.90 Å². The lowest BCUT2D eigenvalue weighted by Crippen LogP contribution is -2.55. The van der Waals surface area contributed by atoms with E-state index in [4.69, 9.17) is 0 Å². The largest absolute Gasteiger partial charge is 0.309 e. The Morgan fingerprint density at radius 1 is 1.18 bits per heavy atom. The monoisotopic (exact) mass is 156 g/mol. The third-order valence-corrected chi connectivity index (χ3v) is 2.32. The van der Waals surface area contributed by atoms with E-state index >= 15 is 0 Å². The molecule has 0 bridgehead atoms. The highest BCUT2D eigenvalue weighted by molar-refractivity contribution is 4.82. The van der Waals surface area contributed by atoms with Crippen LogP contribution in [-0.2, 0) is 0 Å². The Morgan fingerprint density at radius 2 is 1.64 bits per heavy atom. The maximum absolute atomic E-state index is 3.52. The number of nitrogens with one attached hydrogen (secondary N) is 1. The normalized spacial score (nSPS) is 34.6. The van der Waals surface area contributed by atoms with Crippen molar-refractivity contribution in [3.05, 3.63) is 0 Å². The van der Waals surface area contributed by atoms with Gasteiger partial charge in [-0.2, -0.15) is 0 Å². The third kappa shape index (κ3) is 2.46. The van der Waals surface area contributed by atoms with Crippen LogP contribution in [0, 0.1) is 0 Å². The summed E-state index contributed by atoms with van der Waals surface area (Å²) in [6.45, 7) is 11.4. The van der Waals surface area contributed by atoms with E-state index in [-0.39, 0.29) is 0 Å². The van der Waals surface area contributed by atoms with E-state index in [0.29, 0.717) is 18.1 Å². The highest BCUT2D eigenvalue weighted by Crippen LogP contribution is 2.07. The van der Waals surface area contributed by atoms with Crippen LogP contribution in [0.3, 0.4) is 0 Å². The molecule has 2 heteroatoms. The van der Waals surface area contributed by atoms with E-state index < -0.39 is 0 Å². The highest BCUT2D eigenvalue weighted by atomic mass is 15.2. The molecule has 0 amide bonds. The Kier molecular flexibility index (Phi) is 2.90. The van der Waals surface area contributed by atoms with Crippen LogP contribution in [-0.4, -0.2) is 36.1 Å². The molecule has 1 heterocycles. The van der Waals surface area contributed by atoms with Crippen LogP contribution in [0.4, 0.5) is 0 Å². The summed E-state index contributed by atoms with van der Waals surface area (Å²) in [6.07, 6.45) is 0. The lowest BCUT2D eigenvalue weighted by molar-refractivity contribution is 0.139. The van der Waals surface area contributed by atoms with Crippen LogP contribution >= 0.6 is 0 Å². The van der Waals surface area contributed by atoms with Crippen molar-refractivity contribution in [2.24, 2.45) is 0 Å². The molecule has 11 heavy (non-hydrogen) atoms. The van der Waals surface area contributed by atoms with Crippen LogP contribution in [0.25, 0.3) is 0 Å². The maximum atomic E-state index is 3.52. The topological polar surface area (TPSA) is 15.3 Å². The Labute approximate surface area is 70.0 Å². The van der Waals surface area contributed by atoms with Crippen LogP contribution in [0.15, 0.2) is 0 Å². The standard InChI is InChI=1S/C9H20N2/c1-7(2)11-5-8(3)10-9(4)6-11/h7-10H,5-6H2,1-4H3/t8-,9?/m0/s1. The molecule has 0 aromatic rings. The molecule has 2 nitrogen and oxygen atoms in total. The second-order valence-corrected chi connectivity index (χ2v) is 4.02. The zero-order valence-corrected chi connectivity index (χ0v) is 8.09. The first-order valence-corrected chi connectivity index (χ1v) is 4.59. The van der Waals surface area contributed by atoms with Gasteiger partial charge in [0.2, 0.25) is 0 Å². The van der Waals surface area contributed by atoms with Crippen molar-refractivity contribution in [3.63, 3.8) is 0 Å². The van der Waals surface area contributed by atoms with Crippen molar-refractivity contribution in [2.45, 2.75) is 45.8 Å². The maximum Gasteiger partial charge on any atom is 0.0169 e. The van der Waals surface area contributed by atoms with E-state index in [9.17, 15) is 0 Å². The molecule has 0 aromatic heterocycles. The minimum absolute atomic E-state index is 0.654. The molecule has 1 fully saturated rings. The minimum Gasteiger partial charge on any atom is -0.309 e. The molecule has 1 aliphatic rings. The number of piperazine rings is 1. The van der Waals surface area contributed by atoms with Crippen LogP contribution in [0.2, 0.25) is 0 Å². The van der Waals surface area contributed by atoms with Crippen molar-refractivity contribution in [1.29, 1.82) is 0 Å². The van der Waals surface area contributed by atoms with Crippen LogP contribution in [0.5, 0.6) is 0 Å². The first-order chi connectivity index (χ1) is 5.09. The molecule has 2 atom stereocenters. The van der Waals surface area contributed by atoms with E-state index in [1.807, 2.05) is 0 Å². The fourth-order valence-electron chi connectivity index (χ4n) is 1.79. The van der Waals surface area contributed by atoms with Crippen molar-refractivity contribution in [3.8, 4) is 0 Å². The summed E-state index contributed by atoms with van der Waals surface area (Å²) in [4.78, 5) is 2.53. The van der Waals surface area contributed by atoms with Gasteiger partial charge in [-0.1, -0.05) is 0 Å². The Hall–Kier alpha value is -0.0800. The summed E-state index contributed by atoms with van der Waals surface area (Å²) in [6, 6.07) is 2.00. The van der Waals surface area contributed by atoms with Crippen molar-refractivity contribution in [1.82, 2.24) is 10.2 Å². The van der Waals surface area contributed by atoms with Gasteiger partial charge in [-0.25, -0.2) is 0 Å². The Balaban J connectivity index is 2.43. The second kappa shape index (κ2) is 3.55. The molecular formula is C9H20N2. The summed E-state index contributed by atoms with van der Waals surface area (Å²) in [5.41, 5.74) is 0. The van der Waals surface area contributed by atoms with Crippen molar-refractivity contribution < 1.29 is 0 Å². The summed E-state index contributed by atoms with van der Waals surface area (Å²) < 4.78 is 0. The number of rotatable bonds is 1. The first-order valence-electron chi connectivity index (χ1n) is 4.59. The van der Waals surface area contributed by atoms with Gasteiger partial charge in [0.15, 0.2) is 0 Å². The van der Waals surface area contributed by atoms with Crippen LogP contribution in [0.1, 0.15) is 27.7 Å². The van der Waals surface area contributed by atoms with E-state index in [1.54, 1.807) is 0 Å². The zero-order valence-electron chi connectivity index (χ0n) is 8.09. The molecule has 1 N–H and O–H groups in total. The summed E-state index contributed by atoms with van der Waals surface area (Å²) in [5, 5.41) is 3.52. The fraction of sp³-hybridized carbons (Fsp3) is 1.00. The average molecular weight is 156 g/mol. The van der Waals surface area contributed by atoms with Crippen LogP contribution < -0.4 is 5.32 Å². The number of nitrogens with zero attached hydrogens (tertiary/aromatic N) is 1. The van der Waals surface area contributed by atoms with Gasteiger partial charge in [0.05, 0.1) is 0 Å². The third-order valence-electron chi connectivity index (χ3n) is 2.32. The van der Waals surface area contributed by atoms with Crippen molar-refractivity contribution in [2.75, 3.05) is 13.1 Å². The Bertz CT molecular complexity index is 113. The van der Waals surface area contributed by atoms with Crippen molar-refractivity contribution >= 4 is 0 Å². The second-order valence-electron chi connectivity index (χ2n) is 4.02. The Morgan fingerprint density at radius 3 is 2.00 bits per heavy atom. The lowest BCUT2D eigenvalue weighted by Gasteiger charge is -2.38. The van der Waals surface area contributed by atoms with E-state index in [2.05, 4.69) is 37.9 Å². The zero-order chi connectivity index (χ0) is 8.43. The lowest BCUT2D eigenvalue weighted by atomic mass is 10.1. The van der Waals surface area contributed by atoms with Gasteiger partial charge in [0.25, 0.3) is 0 Å². The summed E-state index contributed by atoms with van der Waals surface area (Å²) >= 11 is 0. The summed E-state index contributed by atoms with van der Waals surface area (Å²) in [5.74, 6) is 0. The van der Waals surface area contributed by atoms with Gasteiger partial charge in [-0.05, 0) is 27.7 Å². The first kappa shape index (κ1) is 9.01. The molecule has 66 valence electrons. The fourth-order valence-corrected chi connectivity index (χ4v) is 1.79. The molecule has 1 saturated heterocycles. The molecule has 1 rings (SSSR count). The minimum atomic E-state index is 0.654. The molecule has 0 aliphatic carbocycles. The smallest absolute Gasteiger partial charge is 0.0169 e. The number of hydrogen-bond donors (Lipinski definition) is 1. The van der Waals surface area contributed by atoms with Gasteiger partial charge in [0, 0.05) is 31.2 Å².